The highest BCUT2D eigenvalue weighted by molar-refractivity contribution is 5.30. The van der Waals surface area contributed by atoms with Gasteiger partial charge in [0.2, 0.25) is 0 Å². The van der Waals surface area contributed by atoms with Crippen molar-refractivity contribution in [3.63, 3.8) is 0 Å². The molecule has 1 aromatic heterocycles. The molecular formula is C22H25NO2. The van der Waals surface area contributed by atoms with Crippen LogP contribution in [-0.4, -0.2) is 13.7 Å². The van der Waals surface area contributed by atoms with Gasteiger partial charge in [-0.25, -0.2) is 0 Å². The van der Waals surface area contributed by atoms with E-state index >= 15 is 0 Å². The quantitative estimate of drug-likeness (QED) is 0.594. The Hall–Kier alpha value is -2.52. The number of nitrogens with one attached hydrogen (secondary N) is 1. The summed E-state index contributed by atoms with van der Waals surface area (Å²) in [5.74, 6) is 2.19. The van der Waals surface area contributed by atoms with Gasteiger partial charge in [-0.05, 0) is 55.3 Å². The van der Waals surface area contributed by atoms with Crippen LogP contribution in [0, 0.1) is 6.92 Å². The largest absolute Gasteiger partial charge is 0.497 e. The third-order valence-corrected chi connectivity index (χ3v) is 4.46. The summed E-state index contributed by atoms with van der Waals surface area (Å²) in [4.78, 5) is 0. The van der Waals surface area contributed by atoms with E-state index in [0.29, 0.717) is 0 Å². The van der Waals surface area contributed by atoms with E-state index in [1.54, 1.807) is 13.4 Å². The van der Waals surface area contributed by atoms with E-state index in [4.69, 9.17) is 9.15 Å². The van der Waals surface area contributed by atoms with Gasteiger partial charge in [-0.15, -0.1) is 0 Å². The van der Waals surface area contributed by atoms with Crippen LogP contribution in [-0.2, 0) is 6.54 Å². The second kappa shape index (κ2) is 8.54. The highest BCUT2D eigenvalue weighted by Gasteiger charge is 2.16. The Morgan fingerprint density at radius 2 is 1.76 bits per heavy atom. The van der Waals surface area contributed by atoms with Crippen molar-refractivity contribution in [2.24, 2.45) is 0 Å². The van der Waals surface area contributed by atoms with E-state index in [-0.39, 0.29) is 5.92 Å². The summed E-state index contributed by atoms with van der Waals surface area (Å²) in [7, 11) is 1.69. The number of benzene rings is 2. The Morgan fingerprint density at radius 3 is 2.40 bits per heavy atom. The third kappa shape index (κ3) is 4.74. The van der Waals surface area contributed by atoms with E-state index in [9.17, 15) is 0 Å². The van der Waals surface area contributed by atoms with Gasteiger partial charge in [-0.1, -0.05) is 42.0 Å². The fraction of sp³-hybridized carbons (Fsp3) is 0.273. The van der Waals surface area contributed by atoms with Crippen molar-refractivity contribution in [3.05, 3.63) is 89.4 Å². The van der Waals surface area contributed by atoms with E-state index in [0.717, 1.165) is 31.0 Å². The highest BCUT2D eigenvalue weighted by atomic mass is 16.5. The van der Waals surface area contributed by atoms with Crippen LogP contribution in [0.3, 0.4) is 0 Å². The number of hydrogen-bond donors (Lipinski definition) is 1. The summed E-state index contributed by atoms with van der Waals surface area (Å²) in [5, 5.41) is 3.53. The van der Waals surface area contributed by atoms with E-state index in [1.807, 2.05) is 18.2 Å². The molecule has 0 aliphatic rings. The molecule has 25 heavy (non-hydrogen) atoms. The molecule has 1 heterocycles. The zero-order valence-corrected chi connectivity index (χ0v) is 14.9. The summed E-state index contributed by atoms with van der Waals surface area (Å²) in [6.45, 7) is 3.89. The molecule has 0 saturated carbocycles. The van der Waals surface area contributed by atoms with Crippen LogP contribution in [0.15, 0.2) is 71.3 Å². The second-order valence-corrected chi connectivity index (χ2v) is 6.29. The molecule has 130 valence electrons. The number of ether oxygens (including phenoxy) is 1. The molecule has 0 aliphatic heterocycles. The number of furan rings is 1. The standard InChI is InChI=1S/C22H25NO2/c1-17-5-9-19(10-6-17)21(22-4-3-15-25-22)13-14-23-16-18-7-11-20(24-2)12-8-18/h3-12,15,21,23H,13-14,16H2,1-2H3/t21-/m0/s1. The van der Waals surface area contributed by atoms with Crippen molar-refractivity contribution in [3.8, 4) is 5.75 Å². The summed E-state index contributed by atoms with van der Waals surface area (Å²) in [6, 6.07) is 20.9. The molecule has 1 atom stereocenters. The Balaban J connectivity index is 1.58. The molecule has 3 rings (SSSR count). The van der Waals surface area contributed by atoms with E-state index in [2.05, 4.69) is 54.7 Å². The molecule has 0 aliphatic carbocycles. The van der Waals surface area contributed by atoms with Gasteiger partial charge in [0.1, 0.15) is 11.5 Å². The first-order valence-corrected chi connectivity index (χ1v) is 8.70. The molecule has 1 N–H and O–H groups in total. The molecule has 0 unspecified atom stereocenters. The van der Waals surface area contributed by atoms with Crippen LogP contribution in [0.2, 0.25) is 0 Å². The normalized spacial score (nSPS) is 12.1. The van der Waals surface area contributed by atoms with Crippen molar-refractivity contribution < 1.29 is 9.15 Å². The molecule has 0 spiro atoms. The van der Waals surface area contributed by atoms with Gasteiger partial charge >= 0.3 is 0 Å². The minimum atomic E-state index is 0.277. The van der Waals surface area contributed by atoms with Crippen molar-refractivity contribution in [2.75, 3.05) is 13.7 Å². The monoisotopic (exact) mass is 335 g/mol. The summed E-state index contributed by atoms with van der Waals surface area (Å²) >= 11 is 0. The third-order valence-electron chi connectivity index (χ3n) is 4.46. The Bertz CT molecular complexity index is 746. The minimum Gasteiger partial charge on any atom is -0.497 e. The first kappa shape index (κ1) is 17.3. The van der Waals surface area contributed by atoms with Crippen LogP contribution in [0.5, 0.6) is 5.75 Å². The summed E-state index contributed by atoms with van der Waals surface area (Å²) < 4.78 is 10.9. The van der Waals surface area contributed by atoms with Crippen molar-refractivity contribution in [2.45, 2.75) is 25.8 Å². The van der Waals surface area contributed by atoms with Gasteiger partial charge < -0.3 is 14.5 Å². The molecule has 0 radical (unpaired) electrons. The smallest absolute Gasteiger partial charge is 0.118 e. The van der Waals surface area contributed by atoms with Crippen LogP contribution in [0.1, 0.15) is 34.8 Å². The topological polar surface area (TPSA) is 34.4 Å². The van der Waals surface area contributed by atoms with Gasteiger partial charge in [0.15, 0.2) is 0 Å². The molecular weight excluding hydrogens is 310 g/mol. The fourth-order valence-corrected chi connectivity index (χ4v) is 2.98. The molecule has 0 bridgehead atoms. The van der Waals surface area contributed by atoms with Crippen LogP contribution >= 0.6 is 0 Å². The number of aryl methyl sites for hydroxylation is 1. The highest BCUT2D eigenvalue weighted by Crippen LogP contribution is 2.28. The Kier molecular flexibility index (Phi) is 5.91. The zero-order chi connectivity index (χ0) is 17.5. The number of hydrogen-bond acceptors (Lipinski definition) is 3. The van der Waals surface area contributed by atoms with Gasteiger partial charge in [-0.2, -0.15) is 0 Å². The first-order chi connectivity index (χ1) is 12.3. The van der Waals surface area contributed by atoms with Crippen molar-refractivity contribution in [1.82, 2.24) is 5.32 Å². The van der Waals surface area contributed by atoms with E-state index < -0.39 is 0 Å². The van der Waals surface area contributed by atoms with Crippen molar-refractivity contribution >= 4 is 0 Å². The van der Waals surface area contributed by atoms with Crippen LogP contribution < -0.4 is 10.1 Å². The second-order valence-electron chi connectivity index (χ2n) is 6.29. The lowest BCUT2D eigenvalue weighted by atomic mass is 9.92. The zero-order valence-electron chi connectivity index (χ0n) is 14.9. The molecule has 0 amide bonds. The Morgan fingerprint density at radius 1 is 1.00 bits per heavy atom. The van der Waals surface area contributed by atoms with Crippen LogP contribution in [0.4, 0.5) is 0 Å². The SMILES string of the molecule is COc1ccc(CNCC[C@@H](c2ccc(C)cc2)c2ccco2)cc1. The van der Waals surface area contributed by atoms with Gasteiger partial charge in [-0.3, -0.25) is 0 Å². The average molecular weight is 335 g/mol. The molecule has 2 aromatic carbocycles. The number of methoxy groups -OCH3 is 1. The lowest BCUT2D eigenvalue weighted by Gasteiger charge is -2.16. The van der Waals surface area contributed by atoms with Gasteiger partial charge in [0.25, 0.3) is 0 Å². The lowest BCUT2D eigenvalue weighted by Crippen LogP contribution is -2.17. The van der Waals surface area contributed by atoms with Crippen molar-refractivity contribution in [1.29, 1.82) is 0 Å². The fourth-order valence-electron chi connectivity index (χ4n) is 2.98. The maximum Gasteiger partial charge on any atom is 0.118 e. The molecule has 3 heteroatoms. The minimum absolute atomic E-state index is 0.277. The number of rotatable bonds is 8. The lowest BCUT2D eigenvalue weighted by molar-refractivity contribution is 0.414. The maximum absolute atomic E-state index is 5.68. The summed E-state index contributed by atoms with van der Waals surface area (Å²) in [6.07, 6.45) is 2.74. The van der Waals surface area contributed by atoms with Crippen LogP contribution in [0.25, 0.3) is 0 Å². The molecule has 0 saturated heterocycles. The predicted octanol–water partition coefficient (Wildman–Crippen LogP) is 4.91. The van der Waals surface area contributed by atoms with Gasteiger partial charge in [0, 0.05) is 12.5 Å². The molecule has 3 nitrogen and oxygen atoms in total. The predicted molar refractivity (Wildman–Crippen MR) is 101 cm³/mol. The summed E-state index contributed by atoms with van der Waals surface area (Å²) in [5.41, 5.74) is 3.83. The molecule has 0 fully saturated rings. The first-order valence-electron chi connectivity index (χ1n) is 8.70. The average Bonchev–Trinajstić information content (AvgIpc) is 3.18. The van der Waals surface area contributed by atoms with Gasteiger partial charge in [0.05, 0.1) is 13.4 Å². The van der Waals surface area contributed by atoms with E-state index in [1.165, 1.54) is 16.7 Å². The Labute approximate surface area is 149 Å². The molecule has 3 aromatic rings. The maximum atomic E-state index is 5.68.